The van der Waals surface area contributed by atoms with Gasteiger partial charge >= 0.3 is 0 Å². The van der Waals surface area contributed by atoms with E-state index in [4.69, 9.17) is 9.26 Å². The van der Waals surface area contributed by atoms with Crippen LogP contribution in [0.4, 0.5) is 0 Å². The summed E-state index contributed by atoms with van der Waals surface area (Å²) in [6, 6.07) is 10.2. The summed E-state index contributed by atoms with van der Waals surface area (Å²) in [5.41, 5.74) is 0.327. The van der Waals surface area contributed by atoms with E-state index in [1.165, 1.54) is 0 Å². The minimum atomic E-state index is -0.642. The fourth-order valence-electron chi connectivity index (χ4n) is 4.26. The summed E-state index contributed by atoms with van der Waals surface area (Å²) >= 11 is 0. The van der Waals surface area contributed by atoms with Crippen LogP contribution in [0.5, 0.6) is 0 Å². The van der Waals surface area contributed by atoms with Crippen molar-refractivity contribution in [3.05, 3.63) is 36.2 Å². The van der Waals surface area contributed by atoms with Crippen molar-refractivity contribution in [2.75, 3.05) is 26.3 Å². The largest absolute Gasteiger partial charge is 0.390 e. The second kappa shape index (κ2) is 7.47. The first-order valence-corrected chi connectivity index (χ1v) is 9.56. The highest BCUT2D eigenvalue weighted by Crippen LogP contribution is 2.35. The van der Waals surface area contributed by atoms with Gasteiger partial charge in [-0.2, -0.15) is 4.98 Å². The Morgan fingerprint density at radius 3 is 2.96 bits per heavy atom. The number of likely N-dealkylation sites (tertiary alicyclic amines) is 1. The molecule has 6 nitrogen and oxygen atoms in total. The molecule has 0 saturated carbocycles. The van der Waals surface area contributed by atoms with Gasteiger partial charge in [-0.3, -0.25) is 4.90 Å². The number of aliphatic hydroxyl groups is 1. The van der Waals surface area contributed by atoms with Gasteiger partial charge in [0.05, 0.1) is 12.2 Å². The van der Waals surface area contributed by atoms with Crippen LogP contribution >= 0.6 is 0 Å². The van der Waals surface area contributed by atoms with Gasteiger partial charge in [-0.25, -0.2) is 0 Å². The monoisotopic (exact) mass is 357 g/mol. The van der Waals surface area contributed by atoms with E-state index >= 15 is 0 Å². The third kappa shape index (κ3) is 3.68. The van der Waals surface area contributed by atoms with E-state index in [2.05, 4.69) is 15.0 Å². The Balaban J connectivity index is 1.39. The van der Waals surface area contributed by atoms with Crippen molar-refractivity contribution in [2.24, 2.45) is 5.92 Å². The Kier molecular flexibility index (Phi) is 5.07. The summed E-state index contributed by atoms with van der Waals surface area (Å²) in [5, 5.41) is 14.9. The second-order valence-electron chi connectivity index (χ2n) is 7.66. The first-order valence-electron chi connectivity index (χ1n) is 9.56. The SMILES string of the molecule is C[C@]1(O)CCOC[C@H]1[C@@H]1CCCN1CCc1nc(-c2ccccc2)no1. The van der Waals surface area contributed by atoms with Crippen LogP contribution in [0.1, 0.15) is 32.1 Å². The molecule has 2 saturated heterocycles. The smallest absolute Gasteiger partial charge is 0.228 e. The Hall–Kier alpha value is -1.76. The maximum Gasteiger partial charge on any atom is 0.228 e. The third-order valence-electron chi connectivity index (χ3n) is 5.84. The van der Waals surface area contributed by atoms with Crippen molar-refractivity contribution in [3.63, 3.8) is 0 Å². The summed E-state index contributed by atoms with van der Waals surface area (Å²) in [5.74, 6) is 1.48. The number of benzene rings is 1. The van der Waals surface area contributed by atoms with Crippen LogP contribution in [0.15, 0.2) is 34.9 Å². The molecule has 0 radical (unpaired) electrons. The van der Waals surface area contributed by atoms with E-state index in [0.29, 0.717) is 37.4 Å². The molecular formula is C20H27N3O3. The van der Waals surface area contributed by atoms with Crippen molar-refractivity contribution < 1.29 is 14.4 Å². The van der Waals surface area contributed by atoms with Crippen LogP contribution in [0, 0.1) is 5.92 Å². The van der Waals surface area contributed by atoms with Crippen LogP contribution in [-0.2, 0) is 11.2 Å². The summed E-state index contributed by atoms with van der Waals surface area (Å²) in [6.07, 6.45) is 3.72. The van der Waals surface area contributed by atoms with Gasteiger partial charge in [-0.1, -0.05) is 35.5 Å². The topological polar surface area (TPSA) is 71.6 Å². The number of hydrogen-bond acceptors (Lipinski definition) is 6. The van der Waals surface area contributed by atoms with E-state index in [1.807, 2.05) is 37.3 Å². The summed E-state index contributed by atoms with van der Waals surface area (Å²) in [7, 11) is 0. The molecule has 26 heavy (non-hydrogen) atoms. The highest BCUT2D eigenvalue weighted by molar-refractivity contribution is 5.53. The van der Waals surface area contributed by atoms with Crippen LogP contribution in [0.3, 0.4) is 0 Å². The van der Waals surface area contributed by atoms with Gasteiger partial charge in [0.15, 0.2) is 0 Å². The fourth-order valence-corrected chi connectivity index (χ4v) is 4.26. The van der Waals surface area contributed by atoms with Gasteiger partial charge in [-0.15, -0.1) is 0 Å². The molecule has 0 bridgehead atoms. The van der Waals surface area contributed by atoms with E-state index in [1.54, 1.807) is 0 Å². The molecular weight excluding hydrogens is 330 g/mol. The summed E-state index contributed by atoms with van der Waals surface area (Å²) in [6.45, 7) is 5.18. The standard InChI is InChI=1S/C20H27N3O3/c1-20(24)10-13-25-14-16(20)17-8-5-11-23(17)12-9-18-21-19(22-26-18)15-6-3-2-4-7-15/h2-4,6-7,16-17,24H,5,8-14H2,1H3/t16-,17-,20-/m0/s1. The average Bonchev–Trinajstić information content (AvgIpc) is 3.30. The first-order chi connectivity index (χ1) is 12.6. The molecule has 0 unspecified atom stereocenters. The van der Waals surface area contributed by atoms with Gasteiger partial charge in [0.1, 0.15) is 0 Å². The molecule has 6 heteroatoms. The molecule has 2 aliphatic rings. The van der Waals surface area contributed by atoms with Crippen molar-refractivity contribution in [2.45, 2.75) is 44.2 Å². The predicted octanol–water partition coefficient (Wildman–Crippen LogP) is 2.53. The molecule has 1 N–H and O–H groups in total. The molecule has 0 aliphatic carbocycles. The van der Waals surface area contributed by atoms with E-state index < -0.39 is 5.60 Å². The normalized spacial score (nSPS) is 29.9. The minimum absolute atomic E-state index is 0.168. The summed E-state index contributed by atoms with van der Waals surface area (Å²) in [4.78, 5) is 6.99. The molecule has 2 aliphatic heterocycles. The van der Waals surface area contributed by atoms with Crippen LogP contribution < -0.4 is 0 Å². The lowest BCUT2D eigenvalue weighted by atomic mass is 9.79. The Morgan fingerprint density at radius 2 is 2.15 bits per heavy atom. The molecule has 3 atom stereocenters. The van der Waals surface area contributed by atoms with E-state index in [0.717, 1.165) is 37.9 Å². The summed E-state index contributed by atoms with van der Waals surface area (Å²) < 4.78 is 11.1. The molecule has 0 spiro atoms. The van der Waals surface area contributed by atoms with Crippen molar-refractivity contribution in [1.29, 1.82) is 0 Å². The van der Waals surface area contributed by atoms with Crippen LogP contribution in [-0.4, -0.2) is 58.1 Å². The highest BCUT2D eigenvalue weighted by Gasteiger charge is 2.43. The maximum absolute atomic E-state index is 10.8. The quantitative estimate of drug-likeness (QED) is 0.887. The lowest BCUT2D eigenvalue weighted by Gasteiger charge is -2.43. The lowest BCUT2D eigenvalue weighted by molar-refractivity contribution is -0.122. The number of ether oxygens (including phenoxy) is 1. The van der Waals surface area contributed by atoms with Gasteiger partial charge in [0.25, 0.3) is 0 Å². The number of nitrogens with zero attached hydrogens (tertiary/aromatic N) is 3. The van der Waals surface area contributed by atoms with Crippen LogP contribution in [0.25, 0.3) is 11.4 Å². The van der Waals surface area contributed by atoms with Gasteiger partial charge < -0.3 is 14.4 Å². The Morgan fingerprint density at radius 1 is 1.31 bits per heavy atom. The highest BCUT2D eigenvalue weighted by atomic mass is 16.5. The predicted molar refractivity (Wildman–Crippen MR) is 97.6 cm³/mol. The minimum Gasteiger partial charge on any atom is -0.390 e. The molecule has 4 rings (SSSR count). The van der Waals surface area contributed by atoms with Gasteiger partial charge in [0, 0.05) is 37.1 Å². The van der Waals surface area contributed by atoms with Crippen LogP contribution in [0.2, 0.25) is 0 Å². The second-order valence-corrected chi connectivity index (χ2v) is 7.66. The molecule has 2 aromatic rings. The molecule has 1 aromatic carbocycles. The zero-order valence-corrected chi connectivity index (χ0v) is 15.3. The maximum atomic E-state index is 10.8. The zero-order chi connectivity index (χ0) is 18.0. The average molecular weight is 357 g/mol. The molecule has 1 aromatic heterocycles. The third-order valence-corrected chi connectivity index (χ3v) is 5.84. The molecule has 0 amide bonds. The first kappa shape index (κ1) is 17.6. The fraction of sp³-hybridized carbons (Fsp3) is 0.600. The van der Waals surface area contributed by atoms with Crippen molar-refractivity contribution in [3.8, 4) is 11.4 Å². The molecule has 3 heterocycles. The zero-order valence-electron chi connectivity index (χ0n) is 15.3. The number of aromatic nitrogens is 2. The lowest BCUT2D eigenvalue weighted by Crippen LogP contribution is -2.52. The molecule has 2 fully saturated rings. The number of rotatable bonds is 5. The van der Waals surface area contributed by atoms with Gasteiger partial charge in [0.2, 0.25) is 11.7 Å². The molecule has 140 valence electrons. The van der Waals surface area contributed by atoms with E-state index in [9.17, 15) is 5.11 Å². The number of hydrogen-bond donors (Lipinski definition) is 1. The van der Waals surface area contributed by atoms with Crippen molar-refractivity contribution >= 4 is 0 Å². The van der Waals surface area contributed by atoms with E-state index in [-0.39, 0.29) is 5.92 Å². The Bertz CT molecular complexity index is 716. The Labute approximate surface area is 154 Å². The van der Waals surface area contributed by atoms with Crippen molar-refractivity contribution in [1.82, 2.24) is 15.0 Å². The van der Waals surface area contributed by atoms with Gasteiger partial charge in [-0.05, 0) is 32.7 Å².